The molecule has 2 heterocycles. The van der Waals surface area contributed by atoms with Gasteiger partial charge in [0.15, 0.2) is 11.8 Å². The fraction of sp³-hybridized carbons (Fsp3) is 0.333. The summed E-state index contributed by atoms with van der Waals surface area (Å²) in [5.74, 6) is -1.89. The Labute approximate surface area is 136 Å². The van der Waals surface area contributed by atoms with E-state index in [1.54, 1.807) is 6.92 Å². The number of aromatic nitrogens is 3. The van der Waals surface area contributed by atoms with Crippen LogP contribution in [0.3, 0.4) is 0 Å². The highest BCUT2D eigenvalue weighted by atomic mass is 19.1. The number of hydrogen-bond donors (Lipinski definition) is 1. The summed E-state index contributed by atoms with van der Waals surface area (Å²) in [4.78, 5) is 25.0. The number of morpholine rings is 1. The molecular formula is C15H15FN4O4. The number of amides is 1. The Hall–Kier alpha value is -2.81. The van der Waals surface area contributed by atoms with Crippen LogP contribution in [0.4, 0.5) is 4.39 Å². The number of halogens is 1. The molecule has 8 nitrogen and oxygen atoms in total. The van der Waals surface area contributed by atoms with Crippen molar-refractivity contribution in [1.82, 2.24) is 19.9 Å². The maximum atomic E-state index is 13.0. The Morgan fingerprint density at radius 1 is 1.33 bits per heavy atom. The molecule has 1 atom stereocenters. The molecule has 1 N–H and O–H groups in total. The van der Waals surface area contributed by atoms with Gasteiger partial charge < -0.3 is 14.7 Å². The van der Waals surface area contributed by atoms with Gasteiger partial charge in [0.1, 0.15) is 5.82 Å². The second kappa shape index (κ2) is 6.36. The zero-order valence-electron chi connectivity index (χ0n) is 12.8. The van der Waals surface area contributed by atoms with Crippen LogP contribution in [0.5, 0.6) is 0 Å². The SMILES string of the molecule is Cc1c(C(=O)N2CCOC(C(=O)O)C2)nnn1-c1ccc(F)cc1. The lowest BCUT2D eigenvalue weighted by molar-refractivity contribution is -0.154. The van der Waals surface area contributed by atoms with Crippen molar-refractivity contribution < 1.29 is 23.8 Å². The third-order valence-corrected chi connectivity index (χ3v) is 3.80. The molecule has 2 aromatic rings. The van der Waals surface area contributed by atoms with E-state index in [4.69, 9.17) is 9.84 Å². The lowest BCUT2D eigenvalue weighted by atomic mass is 10.2. The number of carbonyl (C=O) groups excluding carboxylic acids is 1. The van der Waals surface area contributed by atoms with Crippen LogP contribution in [0, 0.1) is 12.7 Å². The lowest BCUT2D eigenvalue weighted by Gasteiger charge is -2.30. The van der Waals surface area contributed by atoms with Crippen LogP contribution in [-0.2, 0) is 9.53 Å². The van der Waals surface area contributed by atoms with Crippen molar-refractivity contribution in [2.75, 3.05) is 19.7 Å². The van der Waals surface area contributed by atoms with Gasteiger partial charge in [-0.1, -0.05) is 5.21 Å². The van der Waals surface area contributed by atoms with Gasteiger partial charge in [-0.3, -0.25) is 4.79 Å². The molecule has 1 aromatic carbocycles. The molecular weight excluding hydrogens is 319 g/mol. The summed E-state index contributed by atoms with van der Waals surface area (Å²) in [7, 11) is 0. The van der Waals surface area contributed by atoms with E-state index in [0.29, 0.717) is 11.4 Å². The van der Waals surface area contributed by atoms with Crippen LogP contribution in [0.25, 0.3) is 5.69 Å². The fourth-order valence-corrected chi connectivity index (χ4v) is 2.49. The highest BCUT2D eigenvalue weighted by Crippen LogP contribution is 2.16. The summed E-state index contributed by atoms with van der Waals surface area (Å²) in [6.07, 6.45) is -1.05. The molecule has 0 spiro atoms. The Balaban J connectivity index is 1.83. The zero-order chi connectivity index (χ0) is 17.3. The maximum Gasteiger partial charge on any atom is 0.334 e. The summed E-state index contributed by atoms with van der Waals surface area (Å²) in [5, 5.41) is 16.8. The van der Waals surface area contributed by atoms with E-state index >= 15 is 0 Å². The summed E-state index contributed by atoms with van der Waals surface area (Å²) in [6, 6.07) is 5.63. The van der Waals surface area contributed by atoms with Gasteiger partial charge in [0, 0.05) is 6.54 Å². The minimum Gasteiger partial charge on any atom is -0.479 e. The standard InChI is InChI=1S/C15H15FN4O4/c1-9-13(14(21)19-6-7-24-12(8-19)15(22)23)17-18-20(9)11-4-2-10(16)3-5-11/h2-5,12H,6-8H2,1H3,(H,22,23). The smallest absolute Gasteiger partial charge is 0.334 e. The first kappa shape index (κ1) is 16.1. The topological polar surface area (TPSA) is 97.6 Å². The average Bonchev–Trinajstić information content (AvgIpc) is 2.96. The van der Waals surface area contributed by atoms with Gasteiger partial charge in [0.05, 0.1) is 24.5 Å². The quantitative estimate of drug-likeness (QED) is 0.885. The molecule has 1 aliphatic rings. The van der Waals surface area contributed by atoms with Gasteiger partial charge in [-0.15, -0.1) is 5.10 Å². The van der Waals surface area contributed by atoms with Crippen LogP contribution in [0.15, 0.2) is 24.3 Å². The molecule has 0 saturated carbocycles. The maximum absolute atomic E-state index is 13.0. The van der Waals surface area contributed by atoms with Gasteiger partial charge in [-0.2, -0.15) is 0 Å². The predicted octanol–water partition coefficient (Wildman–Crippen LogP) is 0.640. The summed E-state index contributed by atoms with van der Waals surface area (Å²) < 4.78 is 19.5. The molecule has 1 saturated heterocycles. The molecule has 9 heteroatoms. The number of carbonyl (C=O) groups is 2. The Morgan fingerprint density at radius 3 is 2.71 bits per heavy atom. The largest absolute Gasteiger partial charge is 0.479 e. The van der Waals surface area contributed by atoms with Gasteiger partial charge in [-0.25, -0.2) is 13.9 Å². The molecule has 24 heavy (non-hydrogen) atoms. The fourth-order valence-electron chi connectivity index (χ4n) is 2.49. The molecule has 3 rings (SSSR count). The van der Waals surface area contributed by atoms with Crippen molar-refractivity contribution in [3.63, 3.8) is 0 Å². The Kier molecular flexibility index (Phi) is 4.26. The van der Waals surface area contributed by atoms with E-state index in [0.717, 1.165) is 0 Å². The van der Waals surface area contributed by atoms with E-state index < -0.39 is 18.0 Å². The minimum atomic E-state index is -1.11. The summed E-state index contributed by atoms with van der Waals surface area (Å²) >= 11 is 0. The van der Waals surface area contributed by atoms with Gasteiger partial charge in [-0.05, 0) is 31.2 Å². The van der Waals surface area contributed by atoms with E-state index in [1.807, 2.05) is 0 Å². The van der Waals surface area contributed by atoms with Crippen LogP contribution in [-0.4, -0.2) is 62.7 Å². The number of aliphatic carboxylic acids is 1. The monoisotopic (exact) mass is 334 g/mol. The Morgan fingerprint density at radius 2 is 2.04 bits per heavy atom. The van der Waals surface area contributed by atoms with Crippen LogP contribution in [0.1, 0.15) is 16.2 Å². The number of rotatable bonds is 3. The number of hydrogen-bond acceptors (Lipinski definition) is 5. The number of ether oxygens (including phenoxy) is 1. The molecule has 1 aliphatic heterocycles. The Bertz CT molecular complexity index is 774. The van der Waals surface area contributed by atoms with Crippen molar-refractivity contribution in [1.29, 1.82) is 0 Å². The van der Waals surface area contributed by atoms with E-state index in [1.165, 1.54) is 33.8 Å². The van der Waals surface area contributed by atoms with Crippen LogP contribution < -0.4 is 0 Å². The van der Waals surface area contributed by atoms with Crippen molar-refractivity contribution in [3.8, 4) is 5.69 Å². The highest BCUT2D eigenvalue weighted by molar-refractivity contribution is 5.93. The van der Waals surface area contributed by atoms with E-state index in [-0.39, 0.29) is 31.2 Å². The van der Waals surface area contributed by atoms with E-state index in [2.05, 4.69) is 10.3 Å². The highest BCUT2D eigenvalue weighted by Gasteiger charge is 2.31. The number of nitrogens with zero attached hydrogens (tertiary/aromatic N) is 4. The summed E-state index contributed by atoms with van der Waals surface area (Å²) in [6.45, 7) is 2.06. The van der Waals surface area contributed by atoms with E-state index in [9.17, 15) is 14.0 Å². The second-order valence-electron chi connectivity index (χ2n) is 5.36. The van der Waals surface area contributed by atoms with Crippen molar-refractivity contribution in [2.45, 2.75) is 13.0 Å². The van der Waals surface area contributed by atoms with Crippen molar-refractivity contribution in [2.24, 2.45) is 0 Å². The minimum absolute atomic E-state index is 0.0446. The summed E-state index contributed by atoms with van der Waals surface area (Å²) in [5.41, 5.74) is 1.20. The third-order valence-electron chi connectivity index (χ3n) is 3.80. The first-order chi connectivity index (χ1) is 11.5. The van der Waals surface area contributed by atoms with Crippen molar-refractivity contribution >= 4 is 11.9 Å². The average molecular weight is 334 g/mol. The zero-order valence-corrected chi connectivity index (χ0v) is 12.8. The molecule has 1 amide bonds. The van der Waals surface area contributed by atoms with Gasteiger partial charge in [0.2, 0.25) is 0 Å². The molecule has 1 unspecified atom stereocenters. The van der Waals surface area contributed by atoms with Gasteiger partial charge >= 0.3 is 5.97 Å². The molecule has 1 fully saturated rings. The van der Waals surface area contributed by atoms with Crippen LogP contribution in [0.2, 0.25) is 0 Å². The first-order valence-electron chi connectivity index (χ1n) is 7.29. The normalized spacial score (nSPS) is 17.8. The number of carboxylic acid groups (broad SMARTS) is 1. The second-order valence-corrected chi connectivity index (χ2v) is 5.36. The first-order valence-corrected chi connectivity index (χ1v) is 7.29. The van der Waals surface area contributed by atoms with Gasteiger partial charge in [0.25, 0.3) is 5.91 Å². The van der Waals surface area contributed by atoms with Crippen molar-refractivity contribution in [3.05, 3.63) is 41.5 Å². The third kappa shape index (κ3) is 2.98. The predicted molar refractivity (Wildman–Crippen MR) is 79.3 cm³/mol. The lowest BCUT2D eigenvalue weighted by Crippen LogP contribution is -2.48. The molecule has 0 radical (unpaired) electrons. The number of carboxylic acids is 1. The molecule has 0 aliphatic carbocycles. The number of benzene rings is 1. The van der Waals surface area contributed by atoms with Crippen LogP contribution >= 0.6 is 0 Å². The molecule has 126 valence electrons. The molecule has 1 aromatic heterocycles. The molecule has 0 bridgehead atoms.